The van der Waals surface area contributed by atoms with Crippen molar-refractivity contribution < 1.29 is 38.1 Å². The largest absolute Gasteiger partial charge is 0.459 e. The van der Waals surface area contributed by atoms with Crippen molar-refractivity contribution in [3.8, 4) is 0 Å². The van der Waals surface area contributed by atoms with Crippen LogP contribution in [-0.4, -0.2) is 63.6 Å². The van der Waals surface area contributed by atoms with Gasteiger partial charge in [0.15, 0.2) is 0 Å². The van der Waals surface area contributed by atoms with E-state index in [-0.39, 0.29) is 39.5 Å². The highest BCUT2D eigenvalue weighted by molar-refractivity contribution is 5.81. The smallest absolute Gasteiger partial charge is 0.407 e. The van der Waals surface area contributed by atoms with Gasteiger partial charge in [0, 0.05) is 25.2 Å². The fourth-order valence-electron chi connectivity index (χ4n) is 1.10. The second-order valence-electron chi connectivity index (χ2n) is 3.87. The molecule has 0 aliphatic rings. The summed E-state index contributed by atoms with van der Waals surface area (Å²) in [5, 5.41) is 4.71. The van der Waals surface area contributed by atoms with Crippen LogP contribution in [0.5, 0.6) is 0 Å². The Bertz CT molecular complexity index is 422. The van der Waals surface area contributed by atoms with E-state index in [1.807, 2.05) is 0 Å². The van der Waals surface area contributed by atoms with Crippen molar-refractivity contribution in [1.29, 1.82) is 0 Å². The first-order valence-corrected chi connectivity index (χ1v) is 6.89. The summed E-state index contributed by atoms with van der Waals surface area (Å²) < 4.78 is 18.6. The van der Waals surface area contributed by atoms with Gasteiger partial charge in [0.1, 0.15) is 26.4 Å². The second kappa shape index (κ2) is 13.6. The molecular weight excluding hydrogens is 324 g/mol. The van der Waals surface area contributed by atoms with Crippen LogP contribution in [0.25, 0.3) is 0 Å². The molecule has 0 atom stereocenters. The third-order valence-corrected chi connectivity index (χ3v) is 2.12. The summed E-state index contributed by atoms with van der Waals surface area (Å²) in [6, 6.07) is 0. The number of carbonyl (C=O) groups is 4. The SMILES string of the molecule is C=CC(=O)OCCOC(=O)NCCNC(=O)OCCOC(=O)C=C. The van der Waals surface area contributed by atoms with E-state index in [4.69, 9.17) is 9.47 Å². The van der Waals surface area contributed by atoms with Gasteiger partial charge in [-0.25, -0.2) is 19.2 Å². The number of hydrogen-bond donors (Lipinski definition) is 2. The number of alkyl carbamates (subject to hydrolysis) is 2. The third-order valence-electron chi connectivity index (χ3n) is 2.12. The Labute approximate surface area is 138 Å². The lowest BCUT2D eigenvalue weighted by atomic mass is 10.6. The zero-order chi connectivity index (χ0) is 18.2. The molecule has 0 spiro atoms. The first-order chi connectivity index (χ1) is 11.5. The molecule has 0 aliphatic heterocycles. The maximum absolute atomic E-state index is 11.2. The van der Waals surface area contributed by atoms with Gasteiger partial charge in [0.25, 0.3) is 0 Å². The summed E-state index contributed by atoms with van der Waals surface area (Å²) in [4.78, 5) is 43.8. The van der Waals surface area contributed by atoms with Crippen LogP contribution in [0.4, 0.5) is 9.59 Å². The Morgan fingerprint density at radius 2 is 1.00 bits per heavy atom. The summed E-state index contributed by atoms with van der Waals surface area (Å²) in [7, 11) is 0. The monoisotopic (exact) mass is 344 g/mol. The maximum atomic E-state index is 11.2. The van der Waals surface area contributed by atoms with E-state index in [1.165, 1.54) is 0 Å². The zero-order valence-electron chi connectivity index (χ0n) is 13.1. The highest BCUT2D eigenvalue weighted by atomic mass is 16.6. The Balaban J connectivity index is 3.50. The molecule has 0 rings (SSSR count). The van der Waals surface area contributed by atoms with Gasteiger partial charge >= 0.3 is 24.1 Å². The Morgan fingerprint density at radius 1 is 0.667 bits per heavy atom. The average Bonchev–Trinajstić information content (AvgIpc) is 2.58. The lowest BCUT2D eigenvalue weighted by Gasteiger charge is -2.09. The van der Waals surface area contributed by atoms with Crippen LogP contribution in [0.15, 0.2) is 25.3 Å². The van der Waals surface area contributed by atoms with Gasteiger partial charge in [-0.15, -0.1) is 0 Å². The first-order valence-electron chi connectivity index (χ1n) is 6.89. The fourth-order valence-corrected chi connectivity index (χ4v) is 1.10. The molecule has 2 N–H and O–H groups in total. The van der Waals surface area contributed by atoms with Crippen LogP contribution >= 0.6 is 0 Å². The van der Waals surface area contributed by atoms with E-state index in [0.29, 0.717) is 0 Å². The van der Waals surface area contributed by atoms with Crippen LogP contribution in [0.3, 0.4) is 0 Å². The van der Waals surface area contributed by atoms with Crippen molar-refractivity contribution in [3.63, 3.8) is 0 Å². The van der Waals surface area contributed by atoms with Gasteiger partial charge in [-0.05, 0) is 0 Å². The molecule has 0 aliphatic carbocycles. The molecule has 0 saturated carbocycles. The second-order valence-corrected chi connectivity index (χ2v) is 3.87. The van der Waals surface area contributed by atoms with Gasteiger partial charge in [-0.1, -0.05) is 13.2 Å². The normalized spacial score (nSPS) is 9.17. The Hall–Kier alpha value is -3.04. The van der Waals surface area contributed by atoms with E-state index >= 15 is 0 Å². The number of esters is 2. The van der Waals surface area contributed by atoms with Crippen LogP contribution in [-0.2, 0) is 28.5 Å². The summed E-state index contributed by atoms with van der Waals surface area (Å²) in [6.45, 7) is 6.24. The van der Waals surface area contributed by atoms with Gasteiger partial charge in [-0.2, -0.15) is 0 Å². The molecule has 0 fully saturated rings. The minimum Gasteiger partial charge on any atom is -0.459 e. The molecule has 2 amide bonds. The van der Waals surface area contributed by atoms with Crippen molar-refractivity contribution in [1.82, 2.24) is 10.6 Å². The number of ether oxygens (including phenoxy) is 4. The van der Waals surface area contributed by atoms with E-state index in [2.05, 4.69) is 33.3 Å². The number of carbonyl (C=O) groups excluding carboxylic acids is 4. The van der Waals surface area contributed by atoms with E-state index in [1.54, 1.807) is 0 Å². The summed E-state index contributed by atoms with van der Waals surface area (Å²) >= 11 is 0. The third kappa shape index (κ3) is 12.7. The molecule has 0 bridgehead atoms. The quantitative estimate of drug-likeness (QED) is 0.230. The molecule has 0 saturated heterocycles. The maximum Gasteiger partial charge on any atom is 0.407 e. The number of nitrogens with one attached hydrogen (secondary N) is 2. The summed E-state index contributed by atoms with van der Waals surface area (Å²) in [5.74, 6) is -1.22. The Kier molecular flexibility index (Phi) is 11.9. The highest BCUT2D eigenvalue weighted by Gasteiger charge is 2.04. The predicted molar refractivity (Wildman–Crippen MR) is 81.0 cm³/mol. The first kappa shape index (κ1) is 21.0. The number of rotatable bonds is 11. The average molecular weight is 344 g/mol. The van der Waals surface area contributed by atoms with Crippen LogP contribution < -0.4 is 10.6 Å². The van der Waals surface area contributed by atoms with Crippen molar-refractivity contribution in [2.24, 2.45) is 0 Å². The molecule has 24 heavy (non-hydrogen) atoms. The number of hydrogen-bond acceptors (Lipinski definition) is 8. The summed E-state index contributed by atoms with van der Waals surface area (Å²) in [5.41, 5.74) is 0. The molecule has 134 valence electrons. The van der Waals surface area contributed by atoms with Crippen molar-refractivity contribution in [2.45, 2.75) is 0 Å². The molecule has 0 aromatic heterocycles. The minimum absolute atomic E-state index is 0.0841. The topological polar surface area (TPSA) is 129 Å². The van der Waals surface area contributed by atoms with Gasteiger partial charge in [0.2, 0.25) is 0 Å². The highest BCUT2D eigenvalue weighted by Crippen LogP contribution is 1.84. The van der Waals surface area contributed by atoms with Gasteiger partial charge in [-0.3, -0.25) is 0 Å². The van der Waals surface area contributed by atoms with Crippen LogP contribution in [0, 0.1) is 0 Å². The predicted octanol–water partition coefficient (Wildman–Crippen LogP) is -0.103. The number of amides is 2. The molecule has 0 unspecified atom stereocenters. The molecular formula is C14H20N2O8. The van der Waals surface area contributed by atoms with Crippen LogP contribution in [0.2, 0.25) is 0 Å². The Morgan fingerprint density at radius 3 is 1.33 bits per heavy atom. The molecule has 0 aromatic carbocycles. The van der Waals surface area contributed by atoms with Gasteiger partial charge in [0.05, 0.1) is 0 Å². The molecule has 0 heterocycles. The van der Waals surface area contributed by atoms with E-state index in [9.17, 15) is 19.2 Å². The van der Waals surface area contributed by atoms with E-state index < -0.39 is 24.1 Å². The lowest BCUT2D eigenvalue weighted by molar-refractivity contribution is -0.139. The van der Waals surface area contributed by atoms with Crippen molar-refractivity contribution in [3.05, 3.63) is 25.3 Å². The van der Waals surface area contributed by atoms with Gasteiger partial charge < -0.3 is 29.6 Å². The van der Waals surface area contributed by atoms with Crippen molar-refractivity contribution in [2.75, 3.05) is 39.5 Å². The standard InChI is InChI=1S/C14H20N2O8/c1-3-11(17)21-7-9-23-13(19)15-5-6-16-14(20)24-10-8-22-12(18)4-2/h3-4H,1-2,5-10H2,(H,15,19)(H,16,20). The van der Waals surface area contributed by atoms with Crippen LogP contribution in [0.1, 0.15) is 0 Å². The lowest BCUT2D eigenvalue weighted by Crippen LogP contribution is -2.36. The summed E-state index contributed by atoms with van der Waals surface area (Å²) in [6.07, 6.45) is 0.537. The minimum atomic E-state index is -0.726. The molecule has 0 radical (unpaired) electrons. The molecule has 10 nitrogen and oxygen atoms in total. The molecule has 10 heteroatoms. The zero-order valence-corrected chi connectivity index (χ0v) is 13.1. The van der Waals surface area contributed by atoms with Crippen molar-refractivity contribution >= 4 is 24.1 Å². The van der Waals surface area contributed by atoms with E-state index in [0.717, 1.165) is 12.2 Å². The molecule has 0 aromatic rings. The fraction of sp³-hybridized carbons (Fsp3) is 0.429.